The lowest BCUT2D eigenvalue weighted by atomic mass is 10.1. The van der Waals surface area contributed by atoms with Gasteiger partial charge in [0.1, 0.15) is 10.8 Å². The number of thiophene rings is 1. The molecule has 1 aliphatic rings. The Balaban J connectivity index is 1.82. The molecular weight excluding hydrogens is 365 g/mol. The van der Waals surface area contributed by atoms with Gasteiger partial charge in [-0.3, -0.25) is 4.79 Å². The summed E-state index contributed by atoms with van der Waals surface area (Å²) < 4.78 is 18.6. The van der Waals surface area contributed by atoms with E-state index in [2.05, 4.69) is 5.32 Å². The summed E-state index contributed by atoms with van der Waals surface area (Å²) in [7, 11) is 1.31. The number of hydrogen-bond donors (Lipinski definition) is 1. The van der Waals surface area contributed by atoms with Crippen LogP contribution in [0.5, 0.6) is 0 Å². The summed E-state index contributed by atoms with van der Waals surface area (Å²) >= 11 is 7.31. The summed E-state index contributed by atoms with van der Waals surface area (Å²) in [5.74, 6) is -1.44. The Morgan fingerprint density at radius 2 is 2.16 bits per heavy atom. The van der Waals surface area contributed by atoms with E-state index in [1.807, 2.05) is 0 Å². The molecule has 0 spiro atoms. The fourth-order valence-corrected chi connectivity index (χ4v) is 4.30. The summed E-state index contributed by atoms with van der Waals surface area (Å²) in [6.07, 6.45) is 5.18. The molecule has 130 valence electrons. The zero-order chi connectivity index (χ0) is 18.0. The Morgan fingerprint density at radius 3 is 2.88 bits per heavy atom. The average Bonchev–Trinajstić information content (AvgIpc) is 3.14. The second-order valence-corrected chi connectivity index (χ2v) is 7.02. The van der Waals surface area contributed by atoms with E-state index < -0.39 is 17.7 Å². The van der Waals surface area contributed by atoms with Crippen LogP contribution in [0.1, 0.15) is 32.8 Å². The Labute approximate surface area is 153 Å². The number of amides is 1. The highest BCUT2D eigenvalue weighted by Crippen LogP contribution is 2.39. The number of carbonyl (C=O) groups is 2. The first-order chi connectivity index (χ1) is 12.0. The van der Waals surface area contributed by atoms with Gasteiger partial charge in [0.25, 0.3) is 0 Å². The van der Waals surface area contributed by atoms with E-state index in [-0.39, 0.29) is 10.6 Å². The molecule has 3 rings (SSSR count). The Kier molecular flexibility index (Phi) is 5.20. The third kappa shape index (κ3) is 3.60. The number of esters is 1. The number of hydrogen-bond acceptors (Lipinski definition) is 4. The lowest BCUT2D eigenvalue weighted by Gasteiger charge is -2.05. The van der Waals surface area contributed by atoms with Gasteiger partial charge in [0.15, 0.2) is 0 Å². The minimum absolute atomic E-state index is 0.140. The first-order valence-electron chi connectivity index (χ1n) is 7.67. The normalized spacial score (nSPS) is 13.1. The van der Waals surface area contributed by atoms with Crippen molar-refractivity contribution in [2.45, 2.75) is 19.3 Å². The van der Waals surface area contributed by atoms with Crippen LogP contribution in [0.3, 0.4) is 0 Å². The molecule has 1 N–H and O–H groups in total. The first kappa shape index (κ1) is 17.6. The summed E-state index contributed by atoms with van der Waals surface area (Å²) in [4.78, 5) is 25.3. The second kappa shape index (κ2) is 7.37. The van der Waals surface area contributed by atoms with Crippen molar-refractivity contribution in [3.05, 3.63) is 56.7 Å². The summed E-state index contributed by atoms with van der Waals surface area (Å²) in [6, 6.07) is 4.30. The standard InChI is InChI=1S/C18H15ClFNO3S/c1-24-18(23)16-11-4-2-7-14(11)25-17(16)21-15(22)9-8-10-12(19)5-3-6-13(10)20/h3,5-6,8-9H,2,4,7H2,1H3,(H,21,22). The third-order valence-electron chi connectivity index (χ3n) is 3.95. The van der Waals surface area contributed by atoms with E-state index in [9.17, 15) is 14.0 Å². The molecule has 4 nitrogen and oxygen atoms in total. The SMILES string of the molecule is COC(=O)c1c(NC(=O)C=Cc2c(F)cccc2Cl)sc2c1CCC2. The van der Waals surface area contributed by atoms with E-state index in [0.717, 1.165) is 29.7 Å². The number of nitrogens with one attached hydrogen (secondary N) is 1. The lowest BCUT2D eigenvalue weighted by molar-refractivity contribution is -0.111. The molecule has 1 aromatic heterocycles. The smallest absolute Gasteiger partial charge is 0.341 e. The Hall–Kier alpha value is -2.18. The van der Waals surface area contributed by atoms with Crippen LogP contribution in [-0.4, -0.2) is 19.0 Å². The first-order valence-corrected chi connectivity index (χ1v) is 8.86. The molecule has 0 radical (unpaired) electrons. The van der Waals surface area contributed by atoms with Crippen LogP contribution < -0.4 is 5.32 Å². The van der Waals surface area contributed by atoms with Gasteiger partial charge < -0.3 is 10.1 Å². The van der Waals surface area contributed by atoms with Crippen LogP contribution in [0, 0.1) is 5.82 Å². The number of ether oxygens (including phenoxy) is 1. The number of fused-ring (bicyclic) bond motifs is 1. The molecule has 2 aromatic rings. The van der Waals surface area contributed by atoms with E-state index >= 15 is 0 Å². The summed E-state index contributed by atoms with van der Waals surface area (Å²) in [5.41, 5.74) is 1.51. The molecule has 0 atom stereocenters. The fourth-order valence-electron chi connectivity index (χ4n) is 2.79. The molecule has 0 saturated heterocycles. The predicted molar refractivity (Wildman–Crippen MR) is 96.8 cm³/mol. The van der Waals surface area contributed by atoms with Crippen LogP contribution in [0.2, 0.25) is 5.02 Å². The van der Waals surface area contributed by atoms with Crippen LogP contribution in [0.15, 0.2) is 24.3 Å². The van der Waals surface area contributed by atoms with Gasteiger partial charge in [-0.15, -0.1) is 11.3 Å². The highest BCUT2D eigenvalue weighted by molar-refractivity contribution is 7.17. The van der Waals surface area contributed by atoms with E-state index in [1.54, 1.807) is 6.07 Å². The molecule has 0 fully saturated rings. The quantitative estimate of drug-likeness (QED) is 0.630. The molecule has 0 saturated carbocycles. The fraction of sp³-hybridized carbons (Fsp3) is 0.222. The van der Waals surface area contributed by atoms with Crippen molar-refractivity contribution < 1.29 is 18.7 Å². The second-order valence-electron chi connectivity index (χ2n) is 5.51. The van der Waals surface area contributed by atoms with Crippen molar-refractivity contribution in [1.82, 2.24) is 0 Å². The van der Waals surface area contributed by atoms with E-state index in [1.165, 1.54) is 42.7 Å². The molecule has 1 aliphatic carbocycles. The monoisotopic (exact) mass is 379 g/mol. The topological polar surface area (TPSA) is 55.4 Å². The number of anilines is 1. The molecule has 0 aliphatic heterocycles. The van der Waals surface area contributed by atoms with Gasteiger partial charge in [-0.1, -0.05) is 17.7 Å². The van der Waals surface area contributed by atoms with Gasteiger partial charge in [0, 0.05) is 16.5 Å². The van der Waals surface area contributed by atoms with Gasteiger partial charge in [0.2, 0.25) is 5.91 Å². The van der Waals surface area contributed by atoms with Crippen molar-refractivity contribution >= 4 is 45.9 Å². The van der Waals surface area contributed by atoms with Crippen LogP contribution in [-0.2, 0) is 22.4 Å². The van der Waals surface area contributed by atoms with Gasteiger partial charge >= 0.3 is 5.97 Å². The largest absolute Gasteiger partial charge is 0.465 e. The number of aryl methyl sites for hydroxylation is 1. The van der Waals surface area contributed by atoms with Gasteiger partial charge in [0.05, 0.1) is 17.7 Å². The predicted octanol–water partition coefficient (Wildman–Crippen LogP) is 4.47. The van der Waals surface area contributed by atoms with Crippen molar-refractivity contribution in [2.75, 3.05) is 12.4 Å². The highest BCUT2D eigenvalue weighted by atomic mass is 35.5. The van der Waals surface area contributed by atoms with Gasteiger partial charge in [-0.2, -0.15) is 0 Å². The van der Waals surface area contributed by atoms with E-state index in [4.69, 9.17) is 16.3 Å². The minimum Gasteiger partial charge on any atom is -0.465 e. The molecule has 0 bridgehead atoms. The lowest BCUT2D eigenvalue weighted by Crippen LogP contribution is -2.12. The maximum absolute atomic E-state index is 13.7. The average molecular weight is 380 g/mol. The minimum atomic E-state index is -0.512. The number of carbonyl (C=O) groups excluding carboxylic acids is 2. The van der Waals surface area contributed by atoms with E-state index in [0.29, 0.717) is 10.6 Å². The maximum atomic E-state index is 13.7. The van der Waals surface area contributed by atoms with Gasteiger partial charge in [-0.25, -0.2) is 9.18 Å². The van der Waals surface area contributed by atoms with Crippen molar-refractivity contribution in [2.24, 2.45) is 0 Å². The molecule has 1 amide bonds. The Bertz CT molecular complexity index is 855. The summed E-state index contributed by atoms with van der Waals surface area (Å²) in [5, 5.41) is 3.37. The van der Waals surface area contributed by atoms with Gasteiger partial charge in [-0.05, 0) is 43.0 Å². The zero-order valence-corrected chi connectivity index (χ0v) is 15.0. The third-order valence-corrected chi connectivity index (χ3v) is 5.49. The van der Waals surface area contributed by atoms with Crippen LogP contribution in [0.4, 0.5) is 9.39 Å². The van der Waals surface area contributed by atoms with Crippen molar-refractivity contribution in [3.8, 4) is 0 Å². The summed E-state index contributed by atoms with van der Waals surface area (Å²) in [6.45, 7) is 0. The highest BCUT2D eigenvalue weighted by Gasteiger charge is 2.27. The van der Waals surface area contributed by atoms with Crippen molar-refractivity contribution in [1.29, 1.82) is 0 Å². The van der Waals surface area contributed by atoms with Crippen molar-refractivity contribution in [3.63, 3.8) is 0 Å². The number of halogens is 2. The molecule has 7 heteroatoms. The number of benzene rings is 1. The van der Waals surface area contributed by atoms with Crippen LogP contribution >= 0.6 is 22.9 Å². The number of rotatable bonds is 4. The van der Waals surface area contributed by atoms with Crippen LogP contribution in [0.25, 0.3) is 6.08 Å². The Morgan fingerprint density at radius 1 is 1.36 bits per heavy atom. The maximum Gasteiger partial charge on any atom is 0.341 e. The molecule has 25 heavy (non-hydrogen) atoms. The molecule has 0 unspecified atom stereocenters. The molecule has 1 aromatic carbocycles. The zero-order valence-electron chi connectivity index (χ0n) is 13.4. The molecule has 1 heterocycles. The molecular formula is C18H15ClFNO3S. The number of methoxy groups -OCH3 is 1.